The Morgan fingerprint density at radius 1 is 0.745 bits per heavy atom. The van der Waals surface area contributed by atoms with Gasteiger partial charge in [-0.25, -0.2) is 0 Å². The van der Waals surface area contributed by atoms with Crippen LogP contribution in [0.1, 0.15) is 32.1 Å². The third kappa shape index (κ3) is 7.53. The molecular formula is C28H52N6O13. The zero-order valence-corrected chi connectivity index (χ0v) is 26.1. The molecular weight excluding hydrogens is 628 g/mol. The van der Waals surface area contributed by atoms with Gasteiger partial charge in [0, 0.05) is 38.0 Å². The van der Waals surface area contributed by atoms with Crippen molar-refractivity contribution in [2.24, 2.45) is 40.3 Å². The van der Waals surface area contributed by atoms with Gasteiger partial charge in [0.25, 0.3) is 0 Å². The minimum absolute atomic E-state index is 0.0947. The first-order chi connectivity index (χ1) is 22.2. The van der Waals surface area contributed by atoms with Gasteiger partial charge < -0.3 is 93.5 Å². The Bertz CT molecular complexity index is 1070. The number of Topliss-reactive ketones (excluding diaryl/α,β-unsaturated/α-hetero) is 1. The molecule has 3 heterocycles. The zero-order chi connectivity index (χ0) is 34.4. The van der Waals surface area contributed by atoms with E-state index >= 15 is 0 Å². The van der Waals surface area contributed by atoms with E-state index in [-0.39, 0.29) is 38.5 Å². The van der Waals surface area contributed by atoms with Gasteiger partial charge in [-0.2, -0.15) is 0 Å². The van der Waals surface area contributed by atoms with Crippen LogP contribution in [0.5, 0.6) is 0 Å². The van der Waals surface area contributed by atoms with Gasteiger partial charge in [0.2, 0.25) is 0 Å². The SMILES string of the molecule is NC[C@@H]1CC[C@@H](N)[C@@H](O[C@H]2[C@H](O[C@@H]3O[C@H](CO)[C@@H](O[C@H]4O[C@@H](CN)[C@@H](O)[C@H](O)[C@H]4N)[C@H]3O)[C@@H](O)[C@H](CC(=O)C3(O)CC3N)C[C@@H]2N)O1. The summed E-state index contributed by atoms with van der Waals surface area (Å²) < 4.78 is 35.6. The van der Waals surface area contributed by atoms with E-state index in [0.29, 0.717) is 12.8 Å². The van der Waals surface area contributed by atoms with Crippen molar-refractivity contribution in [1.29, 1.82) is 0 Å². The number of ether oxygens (including phenoxy) is 6. The first-order valence-electron chi connectivity index (χ1n) is 16.2. The third-order valence-electron chi connectivity index (χ3n) is 10.1. The Labute approximate surface area is 271 Å². The van der Waals surface area contributed by atoms with Crippen LogP contribution in [0.2, 0.25) is 0 Å². The Hall–Kier alpha value is -1.05. The number of ketones is 1. The van der Waals surface area contributed by atoms with Gasteiger partial charge in [-0.15, -0.1) is 0 Å². The molecule has 0 aromatic carbocycles. The van der Waals surface area contributed by atoms with Crippen LogP contribution in [0.4, 0.5) is 0 Å². The molecule has 0 aromatic heterocycles. The summed E-state index contributed by atoms with van der Waals surface area (Å²) in [5.74, 6) is -1.34. The van der Waals surface area contributed by atoms with Crippen LogP contribution in [0.25, 0.3) is 0 Å². The number of aliphatic hydroxyl groups excluding tert-OH is 5. The van der Waals surface area contributed by atoms with Crippen molar-refractivity contribution in [3.8, 4) is 0 Å². The van der Waals surface area contributed by atoms with E-state index in [0.717, 1.165) is 0 Å². The minimum atomic E-state index is -1.67. The maximum Gasteiger partial charge on any atom is 0.187 e. The molecule has 18 N–H and O–H groups in total. The van der Waals surface area contributed by atoms with Crippen molar-refractivity contribution < 1.29 is 63.9 Å². The average Bonchev–Trinajstić information content (AvgIpc) is 3.57. The average molecular weight is 681 g/mol. The lowest BCUT2D eigenvalue weighted by molar-refractivity contribution is -0.292. The molecule has 5 fully saturated rings. The van der Waals surface area contributed by atoms with Crippen molar-refractivity contribution in [2.75, 3.05) is 19.7 Å². The second kappa shape index (κ2) is 15.1. The van der Waals surface area contributed by atoms with Gasteiger partial charge >= 0.3 is 0 Å². The molecule has 3 aliphatic heterocycles. The molecule has 0 radical (unpaired) electrons. The summed E-state index contributed by atoms with van der Waals surface area (Å²) in [6.07, 6.45) is -14.9. The molecule has 2 unspecified atom stereocenters. The molecule has 0 bridgehead atoms. The molecule has 19 heteroatoms. The summed E-state index contributed by atoms with van der Waals surface area (Å²) >= 11 is 0. The van der Waals surface area contributed by atoms with Crippen molar-refractivity contribution in [1.82, 2.24) is 0 Å². The van der Waals surface area contributed by atoms with Crippen molar-refractivity contribution in [3.05, 3.63) is 0 Å². The quantitative estimate of drug-likeness (QED) is 0.0910. The number of hydrogen-bond donors (Lipinski definition) is 12. The molecule has 2 aliphatic carbocycles. The second-order valence-corrected chi connectivity index (χ2v) is 13.5. The number of carbonyl (C=O) groups is 1. The summed E-state index contributed by atoms with van der Waals surface area (Å²) in [5.41, 5.74) is 34.4. The predicted molar refractivity (Wildman–Crippen MR) is 158 cm³/mol. The summed E-state index contributed by atoms with van der Waals surface area (Å²) in [4.78, 5) is 12.9. The van der Waals surface area contributed by atoms with E-state index in [4.69, 9.17) is 62.8 Å². The van der Waals surface area contributed by atoms with Gasteiger partial charge in [-0.1, -0.05) is 0 Å². The highest BCUT2D eigenvalue weighted by molar-refractivity contribution is 5.91. The Morgan fingerprint density at radius 3 is 2.00 bits per heavy atom. The molecule has 5 rings (SSSR count). The summed E-state index contributed by atoms with van der Waals surface area (Å²) in [6.45, 7) is -0.593. The fraction of sp³-hybridized carbons (Fsp3) is 0.964. The fourth-order valence-corrected chi connectivity index (χ4v) is 6.93. The lowest BCUT2D eigenvalue weighted by Gasteiger charge is -2.46. The number of nitrogens with two attached hydrogens (primary N) is 6. The normalized spacial score (nSPS) is 52.0. The van der Waals surface area contributed by atoms with Gasteiger partial charge in [-0.3, -0.25) is 4.79 Å². The first-order valence-corrected chi connectivity index (χ1v) is 16.2. The van der Waals surface area contributed by atoms with E-state index in [9.17, 15) is 35.4 Å². The molecule has 272 valence electrons. The second-order valence-electron chi connectivity index (χ2n) is 13.5. The van der Waals surface area contributed by atoms with Crippen molar-refractivity contribution in [2.45, 2.75) is 142 Å². The number of hydrogen-bond acceptors (Lipinski definition) is 19. The maximum absolute atomic E-state index is 12.9. The maximum atomic E-state index is 12.9. The lowest BCUT2D eigenvalue weighted by Crippen LogP contribution is -2.64. The summed E-state index contributed by atoms with van der Waals surface area (Å²) in [5, 5.41) is 64.1. The zero-order valence-electron chi connectivity index (χ0n) is 26.1. The molecule has 19 nitrogen and oxygen atoms in total. The van der Waals surface area contributed by atoms with Crippen LogP contribution in [0.15, 0.2) is 0 Å². The lowest BCUT2D eigenvalue weighted by atomic mass is 9.76. The van der Waals surface area contributed by atoms with Crippen LogP contribution < -0.4 is 34.4 Å². The van der Waals surface area contributed by atoms with E-state index < -0.39 is 122 Å². The smallest absolute Gasteiger partial charge is 0.187 e. The monoisotopic (exact) mass is 680 g/mol. The van der Waals surface area contributed by atoms with Crippen LogP contribution in [0.3, 0.4) is 0 Å². The largest absolute Gasteiger partial charge is 0.394 e. The van der Waals surface area contributed by atoms with Gasteiger partial charge in [0.1, 0.15) is 54.4 Å². The van der Waals surface area contributed by atoms with Gasteiger partial charge in [-0.05, 0) is 25.2 Å². The molecule has 0 aromatic rings. The van der Waals surface area contributed by atoms with Crippen LogP contribution in [0, 0.1) is 5.92 Å². The standard InChI is InChI=1S/C28H52N6O13/c29-6-10-1-2-11(31)25(42-10)45-22-12(32)3-9(4-16(36)28(41)5-15(28)33)18(37)24(22)47-27-21(40)23(14(8-35)44-27)46-26-17(34)20(39)19(38)13(7-30)43-26/h9-15,17-27,35,37-41H,1-8,29-34H2/t9-,10-,11+,12-,13-,14+,15?,17+,18-,19+,20+,21+,22+,23+,24+,25+,26+,27-,28?/m0/s1. The Morgan fingerprint density at radius 2 is 1.38 bits per heavy atom. The van der Waals surface area contributed by atoms with Crippen LogP contribution >= 0.6 is 0 Å². The van der Waals surface area contributed by atoms with E-state index in [1.165, 1.54) is 0 Å². The number of aliphatic hydroxyl groups is 6. The number of carbonyl (C=O) groups excluding carboxylic acids is 1. The highest BCUT2D eigenvalue weighted by Crippen LogP contribution is 2.41. The Balaban J connectivity index is 1.34. The highest BCUT2D eigenvalue weighted by Gasteiger charge is 2.59. The molecule has 19 atom stereocenters. The molecule has 5 aliphatic rings. The molecule has 0 amide bonds. The van der Waals surface area contributed by atoms with Gasteiger partial charge in [0.05, 0.1) is 30.9 Å². The molecule has 3 saturated heterocycles. The van der Waals surface area contributed by atoms with Crippen molar-refractivity contribution in [3.63, 3.8) is 0 Å². The third-order valence-corrected chi connectivity index (χ3v) is 10.1. The van der Waals surface area contributed by atoms with Crippen molar-refractivity contribution >= 4 is 5.78 Å². The predicted octanol–water partition coefficient (Wildman–Crippen LogP) is -7.13. The molecule has 47 heavy (non-hydrogen) atoms. The molecule has 0 spiro atoms. The fourth-order valence-electron chi connectivity index (χ4n) is 6.93. The highest BCUT2D eigenvalue weighted by atomic mass is 16.8. The summed E-state index contributed by atoms with van der Waals surface area (Å²) in [6, 6.07) is -3.34. The Kier molecular flexibility index (Phi) is 11.9. The summed E-state index contributed by atoms with van der Waals surface area (Å²) in [7, 11) is 0. The van der Waals surface area contributed by atoms with E-state index in [2.05, 4.69) is 0 Å². The van der Waals surface area contributed by atoms with E-state index in [1.807, 2.05) is 0 Å². The number of rotatable bonds is 12. The first kappa shape index (κ1) is 37.2. The minimum Gasteiger partial charge on any atom is -0.394 e. The van der Waals surface area contributed by atoms with Gasteiger partial charge in [0.15, 0.2) is 24.7 Å². The molecule has 2 saturated carbocycles. The van der Waals surface area contributed by atoms with Crippen LogP contribution in [-0.2, 0) is 33.2 Å². The van der Waals surface area contributed by atoms with Crippen LogP contribution in [-0.4, -0.2) is 166 Å². The van der Waals surface area contributed by atoms with E-state index in [1.54, 1.807) is 0 Å². The topological polar surface area (TPSA) is 350 Å².